The van der Waals surface area contributed by atoms with E-state index in [1.165, 1.54) is 21.6 Å². The molecular weight excluding hydrogens is 421 g/mol. The largest absolute Gasteiger partial charge is 0.489 e. The number of H-pyrrole nitrogens is 1. The number of para-hydroxylation sites is 1. The molecule has 0 aliphatic rings. The number of nitrogens with one attached hydrogen (secondary N) is 1. The number of benzene rings is 2. The van der Waals surface area contributed by atoms with Crippen molar-refractivity contribution in [2.24, 2.45) is 0 Å². The van der Waals surface area contributed by atoms with Crippen LogP contribution in [0.3, 0.4) is 0 Å². The number of hydrogen-bond acceptors (Lipinski definition) is 5. The summed E-state index contributed by atoms with van der Waals surface area (Å²) in [4.78, 5) is 30.0. The van der Waals surface area contributed by atoms with Gasteiger partial charge in [-0.25, -0.2) is 4.39 Å². The Morgan fingerprint density at radius 2 is 2.00 bits per heavy atom. The lowest BCUT2D eigenvalue weighted by Gasteiger charge is -2.18. The van der Waals surface area contributed by atoms with Crippen LogP contribution in [0.25, 0.3) is 10.9 Å². The molecule has 3 aromatic rings. The first kappa shape index (κ1) is 22.6. The fraction of sp³-hybridized carbons (Fsp3) is 0.318. The number of ether oxygens (including phenoxy) is 2. The van der Waals surface area contributed by atoms with Crippen molar-refractivity contribution in [3.8, 4) is 5.75 Å². The van der Waals surface area contributed by atoms with Gasteiger partial charge in [-0.3, -0.25) is 14.2 Å². The van der Waals surface area contributed by atoms with Gasteiger partial charge in [-0.1, -0.05) is 12.1 Å². The summed E-state index contributed by atoms with van der Waals surface area (Å²) in [7, 11) is 3.23. The Hall–Kier alpha value is -3.04. The lowest BCUT2D eigenvalue weighted by atomic mass is 10.1. The van der Waals surface area contributed by atoms with E-state index in [4.69, 9.17) is 21.7 Å². The summed E-state index contributed by atoms with van der Waals surface area (Å²) in [5.41, 5.74) is 0.698. The number of aromatic amines is 1. The maximum atomic E-state index is 13.6. The van der Waals surface area contributed by atoms with Gasteiger partial charge >= 0.3 is 0 Å². The van der Waals surface area contributed by atoms with Crippen molar-refractivity contribution >= 4 is 29.0 Å². The molecule has 0 saturated carbocycles. The number of nitrogens with zero attached hydrogens (tertiary/aromatic N) is 2. The van der Waals surface area contributed by atoms with Crippen molar-refractivity contribution in [2.75, 3.05) is 33.9 Å². The van der Waals surface area contributed by atoms with E-state index in [2.05, 4.69) is 4.98 Å². The van der Waals surface area contributed by atoms with Crippen LogP contribution in [0.2, 0.25) is 0 Å². The minimum atomic E-state index is -0.450. The van der Waals surface area contributed by atoms with Crippen LogP contribution in [0.4, 0.5) is 4.39 Å². The summed E-state index contributed by atoms with van der Waals surface area (Å²) in [5, 5.41) is 0.452. The minimum Gasteiger partial charge on any atom is -0.489 e. The molecule has 31 heavy (non-hydrogen) atoms. The first-order valence-electron chi connectivity index (χ1n) is 9.81. The number of carbonyl (C=O) groups excluding carboxylic acids is 1. The Balaban J connectivity index is 1.72. The third-order valence-electron chi connectivity index (χ3n) is 4.83. The first-order chi connectivity index (χ1) is 14.9. The summed E-state index contributed by atoms with van der Waals surface area (Å²) >= 11 is 5.32. The molecule has 164 valence electrons. The lowest BCUT2D eigenvalue weighted by Crippen LogP contribution is -2.31. The van der Waals surface area contributed by atoms with Crippen LogP contribution in [0.1, 0.15) is 16.8 Å². The molecule has 1 aromatic heterocycles. The fourth-order valence-corrected chi connectivity index (χ4v) is 3.42. The van der Waals surface area contributed by atoms with Crippen LogP contribution in [0.5, 0.6) is 5.75 Å². The summed E-state index contributed by atoms with van der Waals surface area (Å²) in [6, 6.07) is 10.9. The Morgan fingerprint density at radius 3 is 2.74 bits per heavy atom. The summed E-state index contributed by atoms with van der Waals surface area (Å²) in [5.74, 6) is -0.555. The molecule has 0 bridgehead atoms. The number of aromatic nitrogens is 2. The van der Waals surface area contributed by atoms with Gasteiger partial charge in [0.2, 0.25) is 0 Å². The number of carbonyl (C=O) groups is 1. The van der Waals surface area contributed by atoms with E-state index in [1.807, 2.05) is 0 Å². The van der Waals surface area contributed by atoms with Gasteiger partial charge in [-0.15, -0.1) is 0 Å². The van der Waals surface area contributed by atoms with Gasteiger partial charge in [-0.05, 0) is 49.0 Å². The van der Waals surface area contributed by atoms with Gasteiger partial charge in [0.05, 0.1) is 17.4 Å². The molecule has 0 radical (unpaired) electrons. The highest BCUT2D eigenvalue weighted by Crippen LogP contribution is 2.16. The van der Waals surface area contributed by atoms with Crippen LogP contribution in [-0.2, 0) is 11.3 Å². The minimum absolute atomic E-state index is 0.142. The Kier molecular flexibility index (Phi) is 7.54. The van der Waals surface area contributed by atoms with E-state index < -0.39 is 5.82 Å². The molecule has 0 saturated heterocycles. The predicted molar refractivity (Wildman–Crippen MR) is 119 cm³/mol. The summed E-state index contributed by atoms with van der Waals surface area (Å²) in [6.45, 7) is 1.39. The number of hydrogen-bond donors (Lipinski definition) is 1. The number of amides is 1. The van der Waals surface area contributed by atoms with Gasteiger partial charge in [0, 0.05) is 32.9 Å². The zero-order valence-electron chi connectivity index (χ0n) is 17.4. The lowest BCUT2D eigenvalue weighted by molar-refractivity contribution is 0.0773. The molecule has 7 nitrogen and oxygen atoms in total. The van der Waals surface area contributed by atoms with Crippen molar-refractivity contribution < 1.29 is 18.7 Å². The summed E-state index contributed by atoms with van der Waals surface area (Å²) in [6.07, 6.45) is 0.662. The smallest absolute Gasteiger partial charge is 0.262 e. The highest BCUT2D eigenvalue weighted by Gasteiger charge is 2.14. The maximum Gasteiger partial charge on any atom is 0.262 e. The predicted octanol–water partition coefficient (Wildman–Crippen LogP) is 3.39. The third kappa shape index (κ3) is 5.36. The molecule has 0 unspecified atom stereocenters. The van der Waals surface area contributed by atoms with Crippen LogP contribution >= 0.6 is 12.2 Å². The molecule has 1 N–H and O–H groups in total. The highest BCUT2D eigenvalue weighted by atomic mass is 32.1. The topological polar surface area (TPSA) is 76.6 Å². The van der Waals surface area contributed by atoms with Crippen LogP contribution in [0.15, 0.2) is 47.3 Å². The van der Waals surface area contributed by atoms with Gasteiger partial charge in [0.25, 0.3) is 11.5 Å². The van der Waals surface area contributed by atoms with Gasteiger partial charge in [0.1, 0.15) is 6.61 Å². The van der Waals surface area contributed by atoms with Crippen molar-refractivity contribution in [3.63, 3.8) is 0 Å². The molecule has 0 atom stereocenters. The molecule has 1 heterocycles. The maximum absolute atomic E-state index is 13.6. The van der Waals surface area contributed by atoms with E-state index in [1.54, 1.807) is 44.5 Å². The Labute approximate surface area is 184 Å². The van der Waals surface area contributed by atoms with Gasteiger partial charge < -0.3 is 19.4 Å². The Morgan fingerprint density at radius 1 is 1.23 bits per heavy atom. The van der Waals surface area contributed by atoms with Crippen molar-refractivity contribution in [3.05, 3.63) is 69.0 Å². The van der Waals surface area contributed by atoms with Gasteiger partial charge in [0.15, 0.2) is 16.3 Å². The quantitative estimate of drug-likeness (QED) is 0.404. The first-order valence-corrected chi connectivity index (χ1v) is 10.2. The van der Waals surface area contributed by atoms with Crippen LogP contribution < -0.4 is 10.3 Å². The molecule has 0 fully saturated rings. The van der Waals surface area contributed by atoms with E-state index in [-0.39, 0.29) is 30.4 Å². The third-order valence-corrected chi connectivity index (χ3v) is 5.15. The van der Waals surface area contributed by atoms with Crippen molar-refractivity contribution in [2.45, 2.75) is 13.0 Å². The number of methoxy groups -OCH3 is 1. The van der Waals surface area contributed by atoms with E-state index in [0.29, 0.717) is 40.8 Å². The Bertz CT molecular complexity index is 1190. The zero-order valence-corrected chi connectivity index (χ0v) is 18.2. The normalized spacial score (nSPS) is 10.9. The fourth-order valence-electron chi connectivity index (χ4n) is 3.13. The molecule has 0 spiro atoms. The number of likely N-dealkylation sites (N-methyl/N-ethyl adjacent to an activating group) is 1. The average molecular weight is 446 g/mol. The zero-order chi connectivity index (χ0) is 22.4. The number of fused-ring (bicyclic) bond motifs is 1. The van der Waals surface area contributed by atoms with Crippen molar-refractivity contribution in [1.29, 1.82) is 0 Å². The van der Waals surface area contributed by atoms with E-state index in [0.717, 1.165) is 0 Å². The molecule has 2 aromatic carbocycles. The van der Waals surface area contributed by atoms with E-state index in [9.17, 15) is 14.0 Å². The molecule has 1 amide bonds. The molecule has 0 aliphatic heterocycles. The highest BCUT2D eigenvalue weighted by molar-refractivity contribution is 7.71. The molecule has 0 aliphatic carbocycles. The second-order valence-electron chi connectivity index (χ2n) is 7.00. The molecule has 9 heteroatoms. The SMILES string of the molecule is COCCCn1c(=S)[nH]c2cc(C(=O)N(C)CCOc3ccccc3F)ccc2c1=O. The second-order valence-corrected chi connectivity index (χ2v) is 7.39. The van der Waals surface area contributed by atoms with Crippen molar-refractivity contribution in [1.82, 2.24) is 14.5 Å². The molecule has 3 rings (SSSR count). The average Bonchev–Trinajstić information content (AvgIpc) is 2.76. The van der Waals surface area contributed by atoms with Crippen LogP contribution in [-0.4, -0.2) is 54.3 Å². The number of rotatable bonds is 9. The summed E-state index contributed by atoms with van der Waals surface area (Å²) < 4.78 is 25.8. The van der Waals surface area contributed by atoms with Gasteiger partial charge in [-0.2, -0.15) is 0 Å². The monoisotopic (exact) mass is 445 g/mol. The van der Waals surface area contributed by atoms with Crippen LogP contribution in [0, 0.1) is 10.6 Å². The van der Waals surface area contributed by atoms with E-state index >= 15 is 0 Å². The second kappa shape index (κ2) is 10.3. The molecular formula is C22H24FN3O4S. The number of halogens is 1. The standard InChI is InChI=1S/C22H24FN3O4S/c1-25(11-13-30-19-7-4-3-6-17(19)23)20(27)15-8-9-16-18(14-15)24-22(31)26(21(16)28)10-5-12-29-2/h3-4,6-9,14H,5,10-13H2,1-2H3,(H,24,31).